The predicted octanol–water partition coefficient (Wildman–Crippen LogP) is 2.27. The molecule has 1 unspecified atom stereocenters. The summed E-state index contributed by atoms with van der Waals surface area (Å²) in [6.07, 6.45) is 4.46. The van der Waals surface area contributed by atoms with Gasteiger partial charge in [-0.05, 0) is 45.6 Å². The summed E-state index contributed by atoms with van der Waals surface area (Å²) < 4.78 is 0. The molecular weight excluding hydrogens is 174 g/mol. The topological polar surface area (TPSA) is 23.5 Å². The Morgan fingerprint density at radius 3 is 2.21 bits per heavy atom. The smallest absolute Gasteiger partial charge is 0.0768 e. The van der Waals surface area contributed by atoms with Gasteiger partial charge in [0, 0.05) is 12.6 Å². The van der Waals surface area contributed by atoms with Gasteiger partial charge >= 0.3 is 0 Å². The number of rotatable bonds is 6. The highest BCUT2D eigenvalue weighted by Crippen LogP contribution is 2.35. The monoisotopic (exact) mass is 199 g/mol. The Morgan fingerprint density at radius 1 is 1.36 bits per heavy atom. The maximum atomic E-state index is 10.2. The fourth-order valence-corrected chi connectivity index (χ4v) is 2.02. The van der Waals surface area contributed by atoms with E-state index in [1.165, 1.54) is 12.8 Å². The lowest BCUT2D eigenvalue weighted by Crippen LogP contribution is -2.44. The zero-order valence-corrected chi connectivity index (χ0v) is 10.1. The van der Waals surface area contributed by atoms with Crippen LogP contribution in [0.1, 0.15) is 46.5 Å². The molecule has 14 heavy (non-hydrogen) atoms. The van der Waals surface area contributed by atoms with Crippen LogP contribution in [-0.4, -0.2) is 35.2 Å². The van der Waals surface area contributed by atoms with Gasteiger partial charge in [0.2, 0.25) is 0 Å². The van der Waals surface area contributed by atoms with Crippen molar-refractivity contribution in [2.45, 2.75) is 58.1 Å². The average molecular weight is 199 g/mol. The van der Waals surface area contributed by atoms with Crippen LogP contribution in [0.15, 0.2) is 0 Å². The molecule has 0 bridgehead atoms. The Morgan fingerprint density at radius 2 is 1.86 bits per heavy atom. The minimum absolute atomic E-state index is 0.474. The van der Waals surface area contributed by atoms with Crippen LogP contribution >= 0.6 is 0 Å². The Kier molecular flexibility index (Phi) is 3.96. The van der Waals surface area contributed by atoms with Gasteiger partial charge in [-0.25, -0.2) is 0 Å². The molecule has 0 aromatic heterocycles. The molecule has 0 spiro atoms. The van der Waals surface area contributed by atoms with Crippen molar-refractivity contribution in [2.24, 2.45) is 5.92 Å². The van der Waals surface area contributed by atoms with Gasteiger partial charge in [-0.2, -0.15) is 0 Å². The summed E-state index contributed by atoms with van der Waals surface area (Å²) in [7, 11) is 2.14. The minimum atomic E-state index is -0.474. The van der Waals surface area contributed by atoms with Crippen molar-refractivity contribution < 1.29 is 5.11 Å². The second-order valence-corrected chi connectivity index (χ2v) is 4.92. The van der Waals surface area contributed by atoms with E-state index in [-0.39, 0.29) is 0 Å². The summed E-state index contributed by atoms with van der Waals surface area (Å²) in [5, 5.41) is 10.2. The van der Waals surface area contributed by atoms with Crippen LogP contribution in [0.25, 0.3) is 0 Å². The van der Waals surface area contributed by atoms with Gasteiger partial charge < -0.3 is 10.0 Å². The summed E-state index contributed by atoms with van der Waals surface area (Å²) >= 11 is 0. The molecule has 0 saturated heterocycles. The molecule has 1 rings (SSSR count). The highest BCUT2D eigenvalue weighted by molar-refractivity contribution is 4.87. The molecule has 0 heterocycles. The van der Waals surface area contributed by atoms with E-state index in [1.54, 1.807) is 0 Å². The van der Waals surface area contributed by atoms with E-state index >= 15 is 0 Å². The number of aliphatic hydroxyl groups is 1. The standard InChI is InChI=1S/C12H25NO/c1-5-12(14,6-2)9-13(4)10(3)11-7-8-11/h10-11,14H,5-9H2,1-4H3. The SMILES string of the molecule is CCC(O)(CC)CN(C)C(C)C1CC1. The van der Waals surface area contributed by atoms with Gasteiger partial charge in [0.25, 0.3) is 0 Å². The summed E-state index contributed by atoms with van der Waals surface area (Å²) in [4.78, 5) is 2.32. The van der Waals surface area contributed by atoms with Gasteiger partial charge in [-0.3, -0.25) is 0 Å². The molecule has 1 aliphatic rings. The highest BCUT2D eigenvalue weighted by Gasteiger charge is 2.33. The fraction of sp³-hybridized carbons (Fsp3) is 1.00. The summed E-state index contributed by atoms with van der Waals surface area (Å²) in [5.74, 6) is 0.887. The first-order valence-electron chi connectivity index (χ1n) is 5.95. The summed E-state index contributed by atoms with van der Waals surface area (Å²) in [5.41, 5.74) is -0.474. The normalized spacial score (nSPS) is 20.1. The number of hydrogen-bond acceptors (Lipinski definition) is 2. The van der Waals surface area contributed by atoms with E-state index in [2.05, 4.69) is 32.7 Å². The molecule has 84 valence electrons. The van der Waals surface area contributed by atoms with E-state index < -0.39 is 5.60 Å². The fourth-order valence-electron chi connectivity index (χ4n) is 2.02. The van der Waals surface area contributed by atoms with Crippen LogP contribution in [0, 0.1) is 5.92 Å². The lowest BCUT2D eigenvalue weighted by atomic mass is 9.96. The first-order chi connectivity index (χ1) is 6.52. The van der Waals surface area contributed by atoms with Crippen molar-refractivity contribution in [2.75, 3.05) is 13.6 Å². The second kappa shape index (κ2) is 4.63. The van der Waals surface area contributed by atoms with Crippen molar-refractivity contribution >= 4 is 0 Å². The molecule has 0 radical (unpaired) electrons. The molecule has 1 atom stereocenters. The summed E-state index contributed by atoms with van der Waals surface area (Å²) in [6, 6.07) is 0.639. The van der Waals surface area contributed by atoms with Crippen molar-refractivity contribution in [3.05, 3.63) is 0 Å². The van der Waals surface area contributed by atoms with Gasteiger partial charge in [-0.1, -0.05) is 13.8 Å². The lowest BCUT2D eigenvalue weighted by Gasteiger charge is -2.34. The van der Waals surface area contributed by atoms with E-state index in [1.807, 2.05) is 0 Å². The third kappa shape index (κ3) is 2.96. The largest absolute Gasteiger partial charge is 0.389 e. The van der Waals surface area contributed by atoms with Crippen molar-refractivity contribution in [1.29, 1.82) is 0 Å². The predicted molar refractivity (Wildman–Crippen MR) is 60.3 cm³/mol. The van der Waals surface area contributed by atoms with Crippen LogP contribution in [0.3, 0.4) is 0 Å². The molecule has 1 saturated carbocycles. The molecule has 1 N–H and O–H groups in total. The average Bonchev–Trinajstić information content (AvgIpc) is 2.99. The van der Waals surface area contributed by atoms with E-state index in [0.29, 0.717) is 6.04 Å². The maximum absolute atomic E-state index is 10.2. The highest BCUT2D eigenvalue weighted by atomic mass is 16.3. The quantitative estimate of drug-likeness (QED) is 0.709. The molecule has 1 fully saturated rings. The van der Waals surface area contributed by atoms with Crippen LogP contribution in [0.5, 0.6) is 0 Å². The zero-order chi connectivity index (χ0) is 10.8. The lowest BCUT2D eigenvalue weighted by molar-refractivity contribution is -0.00743. The maximum Gasteiger partial charge on any atom is 0.0768 e. The van der Waals surface area contributed by atoms with Gasteiger partial charge in [0.05, 0.1) is 5.60 Å². The first-order valence-corrected chi connectivity index (χ1v) is 5.95. The third-order valence-electron chi connectivity index (χ3n) is 3.86. The molecule has 2 nitrogen and oxygen atoms in total. The van der Waals surface area contributed by atoms with Crippen molar-refractivity contribution in [3.8, 4) is 0 Å². The zero-order valence-electron chi connectivity index (χ0n) is 10.1. The Labute approximate surface area is 88.3 Å². The van der Waals surface area contributed by atoms with Crippen molar-refractivity contribution in [3.63, 3.8) is 0 Å². The number of hydrogen-bond donors (Lipinski definition) is 1. The Bertz CT molecular complexity index is 173. The Hall–Kier alpha value is -0.0800. The van der Waals surface area contributed by atoms with Gasteiger partial charge in [0.1, 0.15) is 0 Å². The third-order valence-corrected chi connectivity index (χ3v) is 3.86. The van der Waals surface area contributed by atoms with Gasteiger partial charge in [-0.15, -0.1) is 0 Å². The number of likely N-dealkylation sites (N-methyl/N-ethyl adjacent to an activating group) is 1. The van der Waals surface area contributed by atoms with Crippen LogP contribution in [0.2, 0.25) is 0 Å². The minimum Gasteiger partial charge on any atom is -0.389 e. The molecule has 0 amide bonds. The van der Waals surface area contributed by atoms with E-state index in [9.17, 15) is 5.11 Å². The van der Waals surface area contributed by atoms with Gasteiger partial charge in [0.15, 0.2) is 0 Å². The van der Waals surface area contributed by atoms with Crippen LogP contribution in [0.4, 0.5) is 0 Å². The van der Waals surface area contributed by atoms with Crippen LogP contribution < -0.4 is 0 Å². The van der Waals surface area contributed by atoms with Crippen LogP contribution in [-0.2, 0) is 0 Å². The van der Waals surface area contributed by atoms with E-state index in [4.69, 9.17) is 0 Å². The molecule has 0 aliphatic heterocycles. The molecule has 1 aliphatic carbocycles. The molecular formula is C12H25NO. The van der Waals surface area contributed by atoms with Crippen molar-refractivity contribution in [1.82, 2.24) is 4.90 Å². The molecule has 2 heteroatoms. The second-order valence-electron chi connectivity index (χ2n) is 4.92. The van der Waals surface area contributed by atoms with E-state index in [0.717, 1.165) is 25.3 Å². The molecule has 0 aromatic rings. The molecule has 0 aromatic carbocycles. The number of nitrogens with zero attached hydrogens (tertiary/aromatic N) is 1. The first kappa shape index (κ1) is 12.0. The Balaban J connectivity index is 2.40. The summed E-state index contributed by atoms with van der Waals surface area (Å²) in [6.45, 7) is 7.24.